The second-order valence-corrected chi connectivity index (χ2v) is 8.44. The van der Waals surface area contributed by atoms with E-state index in [0.717, 1.165) is 27.3 Å². The molecule has 0 radical (unpaired) electrons. The molecule has 3 N–H and O–H groups in total. The maximum Gasteiger partial charge on any atom is 0.258 e. The van der Waals surface area contributed by atoms with Gasteiger partial charge in [0.15, 0.2) is 10.3 Å². The molecule has 3 rings (SSSR count). The molecule has 0 aliphatic carbocycles. The molecule has 10 heteroatoms. The van der Waals surface area contributed by atoms with E-state index in [1.165, 1.54) is 16.2 Å². The molecule has 0 spiro atoms. The van der Waals surface area contributed by atoms with Gasteiger partial charge in [-0.15, -0.1) is 11.3 Å². The fourth-order valence-electron chi connectivity index (χ4n) is 2.93. The average molecular weight is 400 g/mol. The van der Waals surface area contributed by atoms with Gasteiger partial charge in [0.2, 0.25) is 5.91 Å². The van der Waals surface area contributed by atoms with Crippen LogP contribution in [-0.2, 0) is 4.79 Å². The van der Waals surface area contributed by atoms with Crippen LogP contribution in [0.5, 0.6) is 0 Å². The number of carbonyl (C=O) groups excluding carboxylic acids is 2. The van der Waals surface area contributed by atoms with E-state index in [0.29, 0.717) is 5.56 Å². The summed E-state index contributed by atoms with van der Waals surface area (Å²) in [5.74, 6) is -0.732. The van der Waals surface area contributed by atoms with Gasteiger partial charge >= 0.3 is 0 Å². The minimum atomic E-state index is -1.12. The van der Waals surface area contributed by atoms with Crippen molar-refractivity contribution in [1.29, 1.82) is 0 Å². The highest BCUT2D eigenvalue weighted by Crippen LogP contribution is 2.39. The van der Waals surface area contributed by atoms with Crippen LogP contribution in [0.3, 0.4) is 0 Å². The van der Waals surface area contributed by atoms with Gasteiger partial charge in [-0.3, -0.25) is 14.9 Å². The number of nitrogens with two attached hydrogens (primary N) is 1. The molecule has 26 heavy (non-hydrogen) atoms. The Labute approximate surface area is 157 Å². The van der Waals surface area contributed by atoms with Crippen molar-refractivity contribution in [3.63, 3.8) is 0 Å². The predicted molar refractivity (Wildman–Crippen MR) is 96.7 cm³/mol. The van der Waals surface area contributed by atoms with Gasteiger partial charge in [0.05, 0.1) is 30.4 Å². The monoisotopic (exact) mass is 400 g/mol. The Morgan fingerprint density at radius 3 is 2.81 bits per heavy atom. The Morgan fingerprint density at radius 2 is 2.19 bits per heavy atom. The quantitative estimate of drug-likeness (QED) is 0.826. The summed E-state index contributed by atoms with van der Waals surface area (Å²) in [5.41, 5.74) is 6.06. The number of thiophene rings is 1. The summed E-state index contributed by atoms with van der Waals surface area (Å²) in [4.78, 5) is 31.3. The van der Waals surface area contributed by atoms with Crippen LogP contribution in [0, 0.1) is 12.1 Å². The average Bonchev–Trinajstić information content (AvgIpc) is 3.25. The van der Waals surface area contributed by atoms with E-state index in [2.05, 4.69) is 10.3 Å². The zero-order valence-corrected chi connectivity index (χ0v) is 15.8. The van der Waals surface area contributed by atoms with E-state index >= 15 is 0 Å². The molecule has 140 valence electrons. The number of hydrogen-bond acceptors (Lipinski definition) is 6. The molecule has 0 aromatic carbocycles. The molecule has 2 aromatic rings. The summed E-state index contributed by atoms with van der Waals surface area (Å²) in [6.45, 7) is 3.34. The molecule has 2 aromatic heterocycles. The maximum absolute atomic E-state index is 13.9. The lowest BCUT2D eigenvalue weighted by Crippen LogP contribution is -2.41. The molecule has 0 bridgehead atoms. The molecule has 0 unspecified atom stereocenters. The van der Waals surface area contributed by atoms with E-state index in [1.807, 2.05) is 0 Å². The van der Waals surface area contributed by atoms with Crippen LogP contribution in [0.4, 0.5) is 13.9 Å². The lowest BCUT2D eigenvalue weighted by Gasteiger charge is -2.25. The number of likely N-dealkylation sites (tertiary alicyclic amines) is 1. The van der Waals surface area contributed by atoms with Gasteiger partial charge in [-0.25, -0.2) is 9.37 Å². The molecular weight excluding hydrogens is 382 g/mol. The van der Waals surface area contributed by atoms with Crippen molar-refractivity contribution in [3.05, 3.63) is 32.7 Å². The Balaban J connectivity index is 1.82. The van der Waals surface area contributed by atoms with Gasteiger partial charge in [-0.2, -0.15) is 4.39 Å². The number of rotatable bonds is 4. The second-order valence-electron chi connectivity index (χ2n) is 6.17. The van der Waals surface area contributed by atoms with Crippen LogP contribution in [0.15, 0.2) is 12.3 Å². The third kappa shape index (κ3) is 3.76. The van der Waals surface area contributed by atoms with Gasteiger partial charge in [-0.05, 0) is 19.9 Å². The minimum absolute atomic E-state index is 0.00189. The number of amides is 2. The molecule has 3 heterocycles. The molecular formula is C16H18F2N4O2S2. The van der Waals surface area contributed by atoms with Crippen molar-refractivity contribution < 1.29 is 18.4 Å². The third-order valence-corrected chi connectivity index (χ3v) is 5.98. The van der Waals surface area contributed by atoms with E-state index in [1.54, 1.807) is 19.9 Å². The molecule has 1 aliphatic rings. The topological polar surface area (TPSA) is 88.3 Å². The molecule has 3 atom stereocenters. The van der Waals surface area contributed by atoms with Crippen molar-refractivity contribution in [3.8, 4) is 0 Å². The number of anilines is 1. The lowest BCUT2D eigenvalue weighted by molar-refractivity contribution is -0.133. The highest BCUT2D eigenvalue weighted by Gasteiger charge is 2.38. The highest BCUT2D eigenvalue weighted by atomic mass is 32.1. The number of nitrogens with one attached hydrogen (secondary N) is 1. The number of hydrogen-bond donors (Lipinski definition) is 2. The zero-order valence-electron chi connectivity index (χ0n) is 14.2. The van der Waals surface area contributed by atoms with E-state index < -0.39 is 29.3 Å². The van der Waals surface area contributed by atoms with E-state index in [9.17, 15) is 18.4 Å². The smallest absolute Gasteiger partial charge is 0.258 e. The van der Waals surface area contributed by atoms with Crippen LogP contribution < -0.4 is 11.1 Å². The Bertz CT molecular complexity index is 836. The van der Waals surface area contributed by atoms with Gasteiger partial charge < -0.3 is 10.6 Å². The van der Waals surface area contributed by atoms with Crippen LogP contribution in [0.25, 0.3) is 0 Å². The molecule has 1 fully saturated rings. The number of nitrogens with zero attached hydrogens (tertiary/aromatic N) is 2. The standard InChI is InChI=1S/C16H18F2N4O2S2/c1-7(19)15(24)22-6-9(17)3-11(22)12-4-10(8(2)25-12)14(23)21-16-20-5-13(18)26-16/h4-5,7,9,11H,3,6,19H2,1-2H3,(H,20,21,23)/t7-,9+,11-/m0/s1. The summed E-state index contributed by atoms with van der Waals surface area (Å²) in [5, 5.41) is 2.22. The first-order valence-corrected chi connectivity index (χ1v) is 9.62. The van der Waals surface area contributed by atoms with Crippen LogP contribution in [-0.4, -0.2) is 40.5 Å². The van der Waals surface area contributed by atoms with Gasteiger partial charge in [0.25, 0.3) is 5.91 Å². The van der Waals surface area contributed by atoms with Gasteiger partial charge in [0.1, 0.15) is 6.17 Å². The van der Waals surface area contributed by atoms with E-state index in [4.69, 9.17) is 5.73 Å². The van der Waals surface area contributed by atoms with Crippen molar-refractivity contribution in [2.45, 2.75) is 38.5 Å². The first kappa shape index (κ1) is 18.9. The maximum atomic E-state index is 13.9. The lowest BCUT2D eigenvalue weighted by atomic mass is 10.1. The normalized spacial score (nSPS) is 21.0. The van der Waals surface area contributed by atoms with Crippen molar-refractivity contribution in [2.24, 2.45) is 5.73 Å². The summed E-state index contributed by atoms with van der Waals surface area (Å²) in [7, 11) is 0. The number of thiazole rings is 1. The highest BCUT2D eigenvalue weighted by molar-refractivity contribution is 7.14. The molecule has 2 amide bonds. The van der Waals surface area contributed by atoms with Crippen molar-refractivity contribution in [1.82, 2.24) is 9.88 Å². The van der Waals surface area contributed by atoms with Gasteiger partial charge in [-0.1, -0.05) is 11.3 Å². The van der Waals surface area contributed by atoms with Gasteiger partial charge in [0, 0.05) is 16.2 Å². The summed E-state index contributed by atoms with van der Waals surface area (Å²) >= 11 is 2.07. The Morgan fingerprint density at radius 1 is 1.46 bits per heavy atom. The SMILES string of the molecule is Cc1sc([C@@H]2C[C@@H](F)CN2C(=O)[C@H](C)N)cc1C(=O)Nc1ncc(F)s1. The largest absolute Gasteiger partial charge is 0.330 e. The van der Waals surface area contributed by atoms with Crippen molar-refractivity contribution in [2.75, 3.05) is 11.9 Å². The predicted octanol–water partition coefficient (Wildman–Crippen LogP) is 2.86. The molecule has 1 saturated heterocycles. The number of carbonyl (C=O) groups is 2. The van der Waals surface area contributed by atoms with Crippen LogP contribution >= 0.6 is 22.7 Å². The Hall–Kier alpha value is -1.91. The number of aromatic nitrogens is 1. The first-order valence-electron chi connectivity index (χ1n) is 7.99. The number of halogens is 2. The molecule has 6 nitrogen and oxygen atoms in total. The van der Waals surface area contributed by atoms with E-state index in [-0.39, 0.29) is 24.0 Å². The second kappa shape index (κ2) is 7.37. The summed E-state index contributed by atoms with van der Waals surface area (Å²) < 4.78 is 26.9. The van der Waals surface area contributed by atoms with Crippen molar-refractivity contribution >= 4 is 39.6 Å². The Kier molecular flexibility index (Phi) is 5.35. The van der Waals surface area contributed by atoms with Crippen LogP contribution in [0.1, 0.15) is 39.5 Å². The zero-order chi connectivity index (χ0) is 19.0. The number of alkyl halides is 1. The third-order valence-electron chi connectivity index (χ3n) is 4.13. The fourth-order valence-corrected chi connectivity index (χ4v) is 4.62. The van der Waals surface area contributed by atoms with Crippen LogP contribution in [0.2, 0.25) is 0 Å². The molecule has 0 saturated carbocycles. The summed E-state index contributed by atoms with van der Waals surface area (Å²) in [6, 6.07) is 0.501. The minimum Gasteiger partial charge on any atom is -0.330 e. The number of aryl methyl sites for hydroxylation is 1. The first-order chi connectivity index (χ1) is 12.3. The fraction of sp³-hybridized carbons (Fsp3) is 0.438. The summed E-state index contributed by atoms with van der Waals surface area (Å²) in [6.07, 6.45) is 0.0847. The molecule has 1 aliphatic heterocycles.